The van der Waals surface area contributed by atoms with E-state index in [0.29, 0.717) is 49.4 Å². The number of piperidine rings is 1. The molecule has 1 aromatic carbocycles. The number of carbonyl (C=O) groups is 1. The van der Waals surface area contributed by atoms with E-state index in [1.165, 1.54) is 25.0 Å². The molecule has 1 saturated heterocycles. The highest BCUT2D eigenvalue weighted by Crippen LogP contribution is 2.46. The Hall–Kier alpha value is -2.48. The molecule has 29 heavy (non-hydrogen) atoms. The number of carbonyl (C=O) groups excluding carboxylic acids is 1. The van der Waals surface area contributed by atoms with E-state index in [4.69, 9.17) is 9.26 Å². The van der Waals surface area contributed by atoms with Gasteiger partial charge in [-0.15, -0.1) is 0 Å². The molecule has 1 N–H and O–H groups in total. The zero-order chi connectivity index (χ0) is 20.3. The summed E-state index contributed by atoms with van der Waals surface area (Å²) in [6.07, 6.45) is 5.12. The fraction of sp³-hybridized carbons (Fsp3) is 0.571. The van der Waals surface area contributed by atoms with Gasteiger partial charge in [-0.3, -0.25) is 0 Å². The number of ether oxygens (including phenoxy) is 1. The lowest BCUT2D eigenvalue weighted by Gasteiger charge is -2.40. The van der Waals surface area contributed by atoms with Crippen LogP contribution in [0.1, 0.15) is 37.9 Å². The van der Waals surface area contributed by atoms with Crippen molar-refractivity contribution in [2.75, 3.05) is 33.4 Å². The van der Waals surface area contributed by atoms with Crippen molar-refractivity contribution in [2.45, 2.75) is 37.5 Å². The van der Waals surface area contributed by atoms with Crippen molar-refractivity contribution in [2.24, 2.45) is 5.92 Å². The number of nitrogens with zero attached hydrogens (tertiary/aromatic N) is 3. The molecule has 0 atom stereocenters. The molecular formula is C21H27FN4O3. The fourth-order valence-electron chi connectivity index (χ4n) is 4.05. The van der Waals surface area contributed by atoms with Crippen molar-refractivity contribution in [3.05, 3.63) is 35.9 Å². The van der Waals surface area contributed by atoms with E-state index in [2.05, 4.69) is 15.5 Å². The largest absolute Gasteiger partial charge is 0.383 e. The lowest BCUT2D eigenvalue weighted by molar-refractivity contribution is 0.140. The Morgan fingerprint density at radius 2 is 2.03 bits per heavy atom. The monoisotopic (exact) mass is 402 g/mol. The van der Waals surface area contributed by atoms with Gasteiger partial charge in [0.2, 0.25) is 0 Å². The van der Waals surface area contributed by atoms with Crippen LogP contribution in [0.15, 0.2) is 28.8 Å². The molecule has 2 aromatic rings. The minimum absolute atomic E-state index is 0.0535. The molecule has 1 aliphatic heterocycles. The lowest BCUT2D eigenvalue weighted by Crippen LogP contribution is -2.49. The fourth-order valence-corrected chi connectivity index (χ4v) is 4.05. The number of nitrogens with one attached hydrogen (secondary N) is 1. The van der Waals surface area contributed by atoms with Crippen molar-refractivity contribution >= 4 is 6.03 Å². The SMILES string of the molecule is COCCNC(=O)N1CCC(CC2CC2)(c2noc(-c3ccc(F)cc3)n2)CC1. The van der Waals surface area contributed by atoms with Crippen LogP contribution in [0.5, 0.6) is 0 Å². The summed E-state index contributed by atoms with van der Waals surface area (Å²) in [5.74, 6) is 1.53. The number of benzene rings is 1. The van der Waals surface area contributed by atoms with Crippen LogP contribution in [0.2, 0.25) is 0 Å². The van der Waals surface area contributed by atoms with E-state index >= 15 is 0 Å². The van der Waals surface area contributed by atoms with Crippen molar-refractivity contribution in [1.82, 2.24) is 20.4 Å². The molecule has 7 nitrogen and oxygen atoms in total. The average Bonchev–Trinajstić information content (AvgIpc) is 3.40. The van der Waals surface area contributed by atoms with Crippen molar-refractivity contribution in [3.8, 4) is 11.5 Å². The molecule has 1 saturated carbocycles. The number of aromatic nitrogens is 2. The van der Waals surface area contributed by atoms with Crippen LogP contribution in [0.4, 0.5) is 9.18 Å². The van der Waals surface area contributed by atoms with Gasteiger partial charge in [-0.1, -0.05) is 18.0 Å². The highest BCUT2D eigenvalue weighted by Gasteiger charge is 2.44. The molecule has 156 valence electrons. The predicted octanol–water partition coefficient (Wildman–Crippen LogP) is 3.37. The third-order valence-electron chi connectivity index (χ3n) is 5.96. The number of methoxy groups -OCH3 is 1. The van der Waals surface area contributed by atoms with E-state index in [1.807, 2.05) is 4.90 Å². The average molecular weight is 402 g/mol. The Labute approximate surface area is 169 Å². The Morgan fingerprint density at radius 3 is 2.69 bits per heavy atom. The summed E-state index contributed by atoms with van der Waals surface area (Å²) in [6.45, 7) is 2.32. The van der Waals surface area contributed by atoms with Crippen molar-refractivity contribution < 1.29 is 18.4 Å². The Morgan fingerprint density at radius 1 is 1.31 bits per heavy atom. The maximum atomic E-state index is 13.2. The molecule has 4 rings (SSSR count). The van der Waals surface area contributed by atoms with Gasteiger partial charge in [0.05, 0.1) is 6.61 Å². The summed E-state index contributed by atoms with van der Waals surface area (Å²) in [7, 11) is 1.62. The van der Waals surface area contributed by atoms with E-state index in [9.17, 15) is 9.18 Å². The minimum Gasteiger partial charge on any atom is -0.383 e. The van der Waals surface area contributed by atoms with Crippen LogP contribution in [-0.4, -0.2) is 54.4 Å². The number of halogens is 1. The van der Waals surface area contributed by atoms with Crippen molar-refractivity contribution in [1.29, 1.82) is 0 Å². The minimum atomic E-state index is -0.296. The number of hydrogen-bond donors (Lipinski definition) is 1. The summed E-state index contributed by atoms with van der Waals surface area (Å²) >= 11 is 0. The Balaban J connectivity index is 1.47. The van der Waals surface area contributed by atoms with Gasteiger partial charge in [0.15, 0.2) is 5.82 Å². The number of rotatable bonds is 7. The van der Waals surface area contributed by atoms with E-state index in [0.717, 1.165) is 19.3 Å². The van der Waals surface area contributed by atoms with Gasteiger partial charge >= 0.3 is 6.03 Å². The molecule has 2 aliphatic rings. The van der Waals surface area contributed by atoms with Gasteiger partial charge in [0.25, 0.3) is 5.89 Å². The van der Waals surface area contributed by atoms with Crippen LogP contribution in [0.3, 0.4) is 0 Å². The Kier molecular flexibility index (Phi) is 5.80. The predicted molar refractivity (Wildman–Crippen MR) is 105 cm³/mol. The third-order valence-corrected chi connectivity index (χ3v) is 5.96. The molecule has 0 bridgehead atoms. The maximum absolute atomic E-state index is 13.2. The molecule has 0 unspecified atom stereocenters. The van der Waals surface area contributed by atoms with Crippen LogP contribution in [0.25, 0.3) is 11.5 Å². The smallest absolute Gasteiger partial charge is 0.317 e. The second-order valence-electron chi connectivity index (χ2n) is 8.07. The van der Waals surface area contributed by atoms with E-state index < -0.39 is 0 Å². The molecule has 2 heterocycles. The number of urea groups is 1. The number of amides is 2. The Bertz CT molecular complexity index is 827. The zero-order valence-corrected chi connectivity index (χ0v) is 16.7. The van der Waals surface area contributed by atoms with Gasteiger partial charge in [0, 0.05) is 37.7 Å². The molecule has 1 aromatic heterocycles. The highest BCUT2D eigenvalue weighted by atomic mass is 19.1. The topological polar surface area (TPSA) is 80.5 Å². The number of likely N-dealkylation sites (tertiary alicyclic amines) is 1. The van der Waals surface area contributed by atoms with Gasteiger partial charge in [-0.25, -0.2) is 9.18 Å². The summed E-state index contributed by atoms with van der Waals surface area (Å²) in [5, 5.41) is 7.19. The highest BCUT2D eigenvalue weighted by molar-refractivity contribution is 5.74. The normalized spacial score (nSPS) is 18.6. The van der Waals surface area contributed by atoms with Crippen LogP contribution < -0.4 is 5.32 Å². The number of hydrogen-bond acceptors (Lipinski definition) is 5. The summed E-state index contributed by atoms with van der Waals surface area (Å²) < 4.78 is 23.7. The summed E-state index contributed by atoms with van der Waals surface area (Å²) in [4.78, 5) is 18.9. The molecule has 2 fully saturated rings. The van der Waals surface area contributed by atoms with Crippen molar-refractivity contribution in [3.63, 3.8) is 0 Å². The van der Waals surface area contributed by atoms with Gasteiger partial charge in [-0.2, -0.15) is 4.98 Å². The molecule has 1 aliphatic carbocycles. The van der Waals surface area contributed by atoms with E-state index in [1.54, 1.807) is 19.2 Å². The van der Waals surface area contributed by atoms with Gasteiger partial charge in [0.1, 0.15) is 5.82 Å². The third kappa shape index (κ3) is 4.58. The standard InChI is InChI=1S/C21H27FN4O3/c1-28-13-10-23-20(27)26-11-8-21(9-12-26,14-15-2-3-15)19-24-18(29-25-19)16-4-6-17(22)7-5-16/h4-7,15H,2-3,8-14H2,1H3,(H,23,27). The zero-order valence-electron chi connectivity index (χ0n) is 16.7. The first kappa shape index (κ1) is 19.8. The summed E-state index contributed by atoms with van der Waals surface area (Å²) in [6, 6.07) is 6.02. The van der Waals surface area contributed by atoms with Crippen LogP contribution >= 0.6 is 0 Å². The van der Waals surface area contributed by atoms with Gasteiger partial charge < -0.3 is 19.5 Å². The first-order valence-corrected chi connectivity index (χ1v) is 10.2. The second-order valence-corrected chi connectivity index (χ2v) is 8.07. The quantitative estimate of drug-likeness (QED) is 0.719. The molecular weight excluding hydrogens is 375 g/mol. The second kappa shape index (κ2) is 8.49. The lowest BCUT2D eigenvalue weighted by atomic mass is 9.73. The molecule has 2 amide bonds. The molecule has 0 radical (unpaired) electrons. The molecule has 0 spiro atoms. The van der Waals surface area contributed by atoms with Crippen LogP contribution in [0, 0.1) is 11.7 Å². The van der Waals surface area contributed by atoms with Crippen LogP contribution in [-0.2, 0) is 10.2 Å². The first-order valence-electron chi connectivity index (χ1n) is 10.2. The summed E-state index contributed by atoms with van der Waals surface area (Å²) in [5.41, 5.74) is 0.536. The van der Waals surface area contributed by atoms with Gasteiger partial charge in [-0.05, 0) is 49.4 Å². The maximum Gasteiger partial charge on any atom is 0.317 e. The molecule has 8 heteroatoms. The van der Waals surface area contributed by atoms with E-state index in [-0.39, 0.29) is 17.3 Å². The first-order chi connectivity index (χ1) is 14.1.